The van der Waals surface area contributed by atoms with Gasteiger partial charge in [0.1, 0.15) is 5.82 Å². The minimum Gasteiger partial charge on any atom is -0.379 e. The second-order valence-corrected chi connectivity index (χ2v) is 7.34. The summed E-state index contributed by atoms with van der Waals surface area (Å²) in [4.78, 5) is 29.2. The van der Waals surface area contributed by atoms with Crippen molar-refractivity contribution in [2.45, 2.75) is 12.5 Å². The van der Waals surface area contributed by atoms with Gasteiger partial charge in [0.05, 0.1) is 19.3 Å². The number of rotatable bonds is 5. The Labute approximate surface area is 163 Å². The number of carbonyl (C=O) groups is 2. The lowest BCUT2D eigenvalue weighted by Crippen LogP contribution is -2.42. The first-order valence-corrected chi connectivity index (χ1v) is 9.67. The Morgan fingerprint density at radius 2 is 2.00 bits per heavy atom. The smallest absolute Gasteiger partial charge is 0.252 e. The molecule has 2 saturated heterocycles. The van der Waals surface area contributed by atoms with Crippen LogP contribution in [0.2, 0.25) is 0 Å². The van der Waals surface area contributed by atoms with E-state index in [4.69, 9.17) is 4.74 Å². The molecule has 2 aliphatic rings. The summed E-state index contributed by atoms with van der Waals surface area (Å²) in [6.45, 7) is 5.27. The minimum absolute atomic E-state index is 0.0681. The number of carbonyl (C=O) groups excluding carboxylic acids is 2. The molecule has 2 amide bonds. The van der Waals surface area contributed by atoms with Crippen molar-refractivity contribution < 1.29 is 18.7 Å². The molecule has 4 rings (SSSR count). The van der Waals surface area contributed by atoms with Crippen LogP contribution in [0.25, 0.3) is 10.8 Å². The first-order valence-electron chi connectivity index (χ1n) is 9.67. The fourth-order valence-electron chi connectivity index (χ4n) is 3.89. The van der Waals surface area contributed by atoms with E-state index in [1.807, 2.05) is 4.90 Å². The van der Waals surface area contributed by atoms with E-state index in [1.54, 1.807) is 24.3 Å². The lowest BCUT2D eigenvalue weighted by molar-refractivity contribution is -0.128. The molecule has 2 aliphatic heterocycles. The highest BCUT2D eigenvalue weighted by atomic mass is 19.1. The van der Waals surface area contributed by atoms with Gasteiger partial charge in [-0.15, -0.1) is 0 Å². The Hall–Kier alpha value is -2.51. The number of morpholine rings is 1. The van der Waals surface area contributed by atoms with E-state index >= 15 is 0 Å². The molecule has 7 heteroatoms. The third-order valence-corrected chi connectivity index (χ3v) is 5.43. The minimum atomic E-state index is -0.331. The highest BCUT2D eigenvalue weighted by Crippen LogP contribution is 2.21. The molecule has 0 radical (unpaired) electrons. The van der Waals surface area contributed by atoms with Gasteiger partial charge in [0.2, 0.25) is 5.91 Å². The number of fused-ring (bicyclic) bond motifs is 1. The van der Waals surface area contributed by atoms with Gasteiger partial charge >= 0.3 is 0 Å². The maximum absolute atomic E-state index is 13.4. The van der Waals surface area contributed by atoms with Gasteiger partial charge in [-0.2, -0.15) is 0 Å². The molecule has 2 aromatic carbocycles. The average Bonchev–Trinajstić information content (AvgIpc) is 3.05. The van der Waals surface area contributed by atoms with E-state index in [-0.39, 0.29) is 23.7 Å². The predicted molar refractivity (Wildman–Crippen MR) is 104 cm³/mol. The Balaban J connectivity index is 1.37. The van der Waals surface area contributed by atoms with Gasteiger partial charge in [0.15, 0.2) is 0 Å². The van der Waals surface area contributed by atoms with Crippen molar-refractivity contribution in [3.05, 3.63) is 47.8 Å². The number of halogens is 1. The van der Waals surface area contributed by atoms with E-state index < -0.39 is 0 Å². The number of likely N-dealkylation sites (tertiary alicyclic amines) is 1. The van der Waals surface area contributed by atoms with Crippen LogP contribution < -0.4 is 5.32 Å². The van der Waals surface area contributed by atoms with Gasteiger partial charge in [0.25, 0.3) is 5.91 Å². The van der Waals surface area contributed by atoms with Crippen LogP contribution in [0.15, 0.2) is 36.4 Å². The standard InChI is InChI=1S/C21H24FN3O3/c22-16-4-5-18-15(12-16)2-1-3-19(18)21(27)23-17-13-20(26)25(14-17)7-6-24-8-10-28-11-9-24/h1-5,12,17H,6-11,13-14H2,(H,23,27). The second kappa shape index (κ2) is 8.24. The number of hydrogen-bond acceptors (Lipinski definition) is 4. The largest absolute Gasteiger partial charge is 0.379 e. The Morgan fingerprint density at radius 1 is 1.18 bits per heavy atom. The molecule has 1 unspecified atom stereocenters. The van der Waals surface area contributed by atoms with E-state index in [0.29, 0.717) is 35.8 Å². The van der Waals surface area contributed by atoms with E-state index in [2.05, 4.69) is 10.2 Å². The molecule has 0 aliphatic carbocycles. The predicted octanol–water partition coefficient (Wildman–Crippen LogP) is 1.64. The summed E-state index contributed by atoms with van der Waals surface area (Å²) in [6.07, 6.45) is 0.314. The first-order chi connectivity index (χ1) is 13.6. The van der Waals surface area contributed by atoms with Crippen LogP contribution >= 0.6 is 0 Å². The third kappa shape index (κ3) is 4.15. The molecule has 148 valence electrons. The molecule has 1 atom stereocenters. The molecule has 6 nitrogen and oxygen atoms in total. The van der Waals surface area contributed by atoms with Gasteiger partial charge in [0, 0.05) is 44.7 Å². The van der Waals surface area contributed by atoms with Gasteiger partial charge in [-0.3, -0.25) is 14.5 Å². The normalized spacial score (nSPS) is 20.7. The zero-order valence-electron chi connectivity index (χ0n) is 15.7. The van der Waals surface area contributed by atoms with Crippen molar-refractivity contribution in [2.24, 2.45) is 0 Å². The van der Waals surface area contributed by atoms with E-state index in [0.717, 1.165) is 32.8 Å². The molecular weight excluding hydrogens is 361 g/mol. The van der Waals surface area contributed by atoms with Crippen LogP contribution in [0.5, 0.6) is 0 Å². The highest BCUT2D eigenvalue weighted by Gasteiger charge is 2.31. The van der Waals surface area contributed by atoms with Crippen LogP contribution in [-0.4, -0.2) is 73.6 Å². The molecule has 0 aromatic heterocycles. The summed E-state index contributed by atoms with van der Waals surface area (Å²) in [5.74, 6) is -0.494. The summed E-state index contributed by atoms with van der Waals surface area (Å²) in [6, 6.07) is 9.42. The van der Waals surface area contributed by atoms with E-state index in [9.17, 15) is 14.0 Å². The van der Waals surface area contributed by atoms with Crippen molar-refractivity contribution in [3.8, 4) is 0 Å². The number of nitrogens with zero attached hydrogens (tertiary/aromatic N) is 2. The van der Waals surface area contributed by atoms with Crippen molar-refractivity contribution in [3.63, 3.8) is 0 Å². The topological polar surface area (TPSA) is 61.9 Å². The molecule has 1 N–H and O–H groups in total. The second-order valence-electron chi connectivity index (χ2n) is 7.34. The zero-order valence-corrected chi connectivity index (χ0v) is 15.7. The molecule has 28 heavy (non-hydrogen) atoms. The quantitative estimate of drug-likeness (QED) is 0.850. The van der Waals surface area contributed by atoms with Crippen LogP contribution in [0, 0.1) is 5.82 Å². The Bertz CT molecular complexity index is 882. The van der Waals surface area contributed by atoms with Gasteiger partial charge in [-0.05, 0) is 29.0 Å². The fraction of sp³-hybridized carbons (Fsp3) is 0.429. The summed E-state index contributed by atoms with van der Waals surface area (Å²) < 4.78 is 18.8. The zero-order chi connectivity index (χ0) is 19.5. The average molecular weight is 385 g/mol. The number of nitrogens with one attached hydrogen (secondary N) is 1. The lowest BCUT2D eigenvalue weighted by atomic mass is 10.0. The van der Waals surface area contributed by atoms with Crippen LogP contribution in [0.1, 0.15) is 16.8 Å². The molecule has 0 saturated carbocycles. The molecule has 2 heterocycles. The molecule has 2 aromatic rings. The number of hydrogen-bond donors (Lipinski definition) is 1. The molecule has 0 spiro atoms. The van der Waals surface area contributed by atoms with Gasteiger partial charge < -0.3 is 15.0 Å². The van der Waals surface area contributed by atoms with Crippen molar-refractivity contribution in [1.82, 2.24) is 15.1 Å². The SMILES string of the molecule is O=C(NC1CC(=O)N(CCN2CCOCC2)C1)c1cccc2cc(F)ccc12. The Morgan fingerprint density at radius 3 is 2.82 bits per heavy atom. The molecular formula is C21H24FN3O3. The van der Waals surface area contributed by atoms with Gasteiger partial charge in [-0.25, -0.2) is 4.39 Å². The number of amides is 2. The summed E-state index contributed by atoms with van der Waals surface area (Å²) in [5.41, 5.74) is 0.497. The lowest BCUT2D eigenvalue weighted by Gasteiger charge is -2.28. The monoisotopic (exact) mass is 385 g/mol. The first kappa shape index (κ1) is 18.8. The summed E-state index contributed by atoms with van der Waals surface area (Å²) >= 11 is 0. The van der Waals surface area contributed by atoms with Crippen molar-refractivity contribution >= 4 is 22.6 Å². The third-order valence-electron chi connectivity index (χ3n) is 5.43. The van der Waals surface area contributed by atoms with Crippen LogP contribution in [-0.2, 0) is 9.53 Å². The summed E-state index contributed by atoms with van der Waals surface area (Å²) in [7, 11) is 0. The summed E-state index contributed by atoms with van der Waals surface area (Å²) in [5, 5.41) is 4.36. The van der Waals surface area contributed by atoms with Crippen LogP contribution in [0.3, 0.4) is 0 Å². The highest BCUT2D eigenvalue weighted by molar-refractivity contribution is 6.07. The maximum Gasteiger partial charge on any atom is 0.252 e. The molecule has 0 bridgehead atoms. The fourth-order valence-corrected chi connectivity index (χ4v) is 3.89. The van der Waals surface area contributed by atoms with Crippen molar-refractivity contribution in [2.75, 3.05) is 45.9 Å². The Kier molecular flexibility index (Phi) is 5.54. The molecule has 2 fully saturated rings. The van der Waals surface area contributed by atoms with Gasteiger partial charge in [-0.1, -0.05) is 18.2 Å². The number of ether oxygens (including phenoxy) is 1. The van der Waals surface area contributed by atoms with Crippen molar-refractivity contribution in [1.29, 1.82) is 0 Å². The van der Waals surface area contributed by atoms with E-state index in [1.165, 1.54) is 12.1 Å². The number of benzene rings is 2. The maximum atomic E-state index is 13.4. The van der Waals surface area contributed by atoms with Crippen LogP contribution in [0.4, 0.5) is 4.39 Å².